The zero-order chi connectivity index (χ0) is 23.6. The van der Waals surface area contributed by atoms with Gasteiger partial charge in [-0.05, 0) is 38.7 Å². The van der Waals surface area contributed by atoms with Gasteiger partial charge in [-0.2, -0.15) is 4.98 Å². The Labute approximate surface area is 185 Å². The van der Waals surface area contributed by atoms with Gasteiger partial charge in [0.05, 0.1) is 0 Å². The highest BCUT2D eigenvalue weighted by atomic mass is 16.2. The molecule has 0 bridgehead atoms. The average molecular weight is 443 g/mol. The normalized spacial score (nSPS) is 11.4. The number of hydrogen-bond acceptors (Lipinski definition) is 7. The fourth-order valence-corrected chi connectivity index (χ4v) is 3.46. The molecule has 11 heteroatoms. The van der Waals surface area contributed by atoms with E-state index in [0.717, 1.165) is 17.8 Å². The van der Waals surface area contributed by atoms with Crippen molar-refractivity contribution in [2.45, 2.75) is 60.4 Å². The molecule has 0 aliphatic heterocycles. The zero-order valence-corrected chi connectivity index (χ0v) is 19.2. The Kier molecular flexibility index (Phi) is 6.75. The molecular weight excluding hydrogens is 412 g/mol. The number of aromatic nitrogens is 6. The third kappa shape index (κ3) is 4.56. The molecule has 3 heterocycles. The van der Waals surface area contributed by atoms with E-state index >= 15 is 0 Å². The zero-order valence-electron chi connectivity index (χ0n) is 19.2. The number of nitrogens with zero attached hydrogens (tertiary/aromatic N) is 6. The lowest BCUT2D eigenvalue weighted by Gasteiger charge is -2.24. The van der Waals surface area contributed by atoms with Gasteiger partial charge in [0.1, 0.15) is 5.82 Å². The number of nitrogens with one attached hydrogen (secondary N) is 1. The molecule has 0 radical (unpaired) electrons. The van der Waals surface area contributed by atoms with Crippen LogP contribution in [0.3, 0.4) is 0 Å². The van der Waals surface area contributed by atoms with Gasteiger partial charge in [-0.1, -0.05) is 27.2 Å². The van der Waals surface area contributed by atoms with Crippen molar-refractivity contribution >= 4 is 23.2 Å². The summed E-state index contributed by atoms with van der Waals surface area (Å²) in [6.07, 6.45) is 2.16. The lowest BCUT2D eigenvalue weighted by Crippen LogP contribution is -2.42. The van der Waals surface area contributed by atoms with E-state index in [-0.39, 0.29) is 29.8 Å². The van der Waals surface area contributed by atoms with Gasteiger partial charge >= 0.3 is 5.69 Å². The molecule has 0 atom stereocenters. The summed E-state index contributed by atoms with van der Waals surface area (Å²) in [4.78, 5) is 50.8. The summed E-state index contributed by atoms with van der Waals surface area (Å²) in [6, 6.07) is 1.83. The number of nitrogens with two attached hydrogens (primary N) is 1. The van der Waals surface area contributed by atoms with E-state index in [1.807, 2.05) is 40.7 Å². The molecule has 3 aromatic heterocycles. The van der Waals surface area contributed by atoms with Gasteiger partial charge in [-0.15, -0.1) is 5.10 Å². The molecule has 0 saturated carbocycles. The van der Waals surface area contributed by atoms with Gasteiger partial charge < -0.3 is 5.73 Å². The van der Waals surface area contributed by atoms with E-state index in [9.17, 15) is 14.4 Å². The topological polar surface area (TPSA) is 144 Å². The van der Waals surface area contributed by atoms with Crippen molar-refractivity contribution in [1.82, 2.24) is 29.1 Å². The highest BCUT2D eigenvalue weighted by molar-refractivity contribution is 6.05. The Hall–Kier alpha value is -3.50. The lowest BCUT2D eigenvalue weighted by molar-refractivity contribution is 0.0975. The number of H-pyrrole nitrogens is 1. The van der Waals surface area contributed by atoms with Crippen molar-refractivity contribution in [2.75, 3.05) is 17.2 Å². The third-order valence-electron chi connectivity index (χ3n) is 5.20. The van der Waals surface area contributed by atoms with Gasteiger partial charge in [-0.25, -0.2) is 14.3 Å². The van der Waals surface area contributed by atoms with Gasteiger partial charge in [0.25, 0.3) is 17.2 Å². The molecule has 0 saturated heterocycles. The second-order valence-electron chi connectivity index (χ2n) is 8.32. The number of anilines is 2. The summed E-state index contributed by atoms with van der Waals surface area (Å²) < 4.78 is 2.78. The first-order valence-corrected chi connectivity index (χ1v) is 10.8. The van der Waals surface area contributed by atoms with Crippen molar-refractivity contribution in [2.24, 2.45) is 5.92 Å². The first-order valence-electron chi connectivity index (χ1n) is 10.8. The summed E-state index contributed by atoms with van der Waals surface area (Å²) in [7, 11) is 0. The van der Waals surface area contributed by atoms with Crippen LogP contribution in [-0.4, -0.2) is 41.6 Å². The SMILES string of the molecule is CCCCn1c(N)c(N(CCC(C)C)C(=O)c2nc3nc(C)cc(C)n3n2)c(=O)[nH]c1=O. The van der Waals surface area contributed by atoms with Crippen LogP contribution in [0.5, 0.6) is 0 Å². The van der Waals surface area contributed by atoms with Crippen molar-refractivity contribution in [3.8, 4) is 0 Å². The Morgan fingerprint density at radius 3 is 2.62 bits per heavy atom. The Morgan fingerprint density at radius 1 is 1.25 bits per heavy atom. The van der Waals surface area contributed by atoms with E-state index in [0.29, 0.717) is 25.2 Å². The molecular formula is C21H30N8O3. The van der Waals surface area contributed by atoms with E-state index in [2.05, 4.69) is 20.1 Å². The number of rotatable bonds is 8. The van der Waals surface area contributed by atoms with Crippen LogP contribution < -0.4 is 21.9 Å². The Balaban J connectivity index is 2.14. The number of aryl methyl sites for hydroxylation is 2. The number of nitrogen functional groups attached to an aromatic ring is 1. The number of aromatic amines is 1. The molecule has 172 valence electrons. The van der Waals surface area contributed by atoms with E-state index < -0.39 is 17.2 Å². The molecule has 0 aliphatic carbocycles. The second kappa shape index (κ2) is 9.33. The molecule has 0 fully saturated rings. The predicted molar refractivity (Wildman–Crippen MR) is 122 cm³/mol. The monoisotopic (exact) mass is 442 g/mol. The van der Waals surface area contributed by atoms with Crippen molar-refractivity contribution in [3.63, 3.8) is 0 Å². The number of carbonyl (C=O) groups is 1. The lowest BCUT2D eigenvalue weighted by atomic mass is 10.1. The first-order chi connectivity index (χ1) is 15.1. The standard InChI is InChI=1S/C21H30N8O3/c1-6-7-9-28-16(22)15(18(30)25-21(28)32)27(10-8-12(2)3)19(31)17-24-20-23-13(4)11-14(5)29(20)26-17/h11-12H,6-10,22H2,1-5H3,(H,25,30,32). The molecule has 32 heavy (non-hydrogen) atoms. The molecule has 0 spiro atoms. The van der Waals surface area contributed by atoms with Crippen molar-refractivity contribution < 1.29 is 4.79 Å². The number of amides is 1. The van der Waals surface area contributed by atoms with Crippen LogP contribution in [0.4, 0.5) is 11.5 Å². The van der Waals surface area contributed by atoms with Crippen molar-refractivity contribution in [3.05, 3.63) is 44.1 Å². The number of carbonyl (C=O) groups excluding carboxylic acids is 1. The summed E-state index contributed by atoms with van der Waals surface area (Å²) in [5.41, 5.74) is 6.41. The molecule has 0 aromatic carbocycles. The highest BCUT2D eigenvalue weighted by Gasteiger charge is 2.28. The molecule has 3 aromatic rings. The molecule has 0 unspecified atom stereocenters. The third-order valence-corrected chi connectivity index (χ3v) is 5.20. The van der Waals surface area contributed by atoms with Crippen molar-refractivity contribution in [1.29, 1.82) is 0 Å². The largest absolute Gasteiger partial charge is 0.383 e. The fourth-order valence-electron chi connectivity index (χ4n) is 3.46. The van der Waals surface area contributed by atoms with Crippen LogP contribution in [0.15, 0.2) is 15.7 Å². The fraction of sp³-hybridized carbons (Fsp3) is 0.524. The van der Waals surface area contributed by atoms with E-state index in [4.69, 9.17) is 5.73 Å². The minimum absolute atomic E-state index is 0.0433. The predicted octanol–water partition coefficient (Wildman–Crippen LogP) is 1.67. The Morgan fingerprint density at radius 2 is 1.97 bits per heavy atom. The van der Waals surface area contributed by atoms with Gasteiger partial charge in [0.2, 0.25) is 5.82 Å². The summed E-state index contributed by atoms with van der Waals surface area (Å²) in [6.45, 7) is 10.2. The van der Waals surface area contributed by atoms with E-state index in [1.165, 1.54) is 14.0 Å². The first kappa shape index (κ1) is 23.2. The van der Waals surface area contributed by atoms with Crippen LogP contribution >= 0.6 is 0 Å². The van der Waals surface area contributed by atoms with Crippen LogP contribution in [0.25, 0.3) is 5.78 Å². The maximum atomic E-state index is 13.5. The number of unbranched alkanes of at least 4 members (excludes halogenated alkanes) is 1. The maximum absolute atomic E-state index is 13.5. The molecule has 3 N–H and O–H groups in total. The smallest absolute Gasteiger partial charge is 0.330 e. The number of fused-ring (bicyclic) bond motifs is 1. The van der Waals surface area contributed by atoms with E-state index in [1.54, 1.807) is 0 Å². The molecule has 0 aliphatic rings. The maximum Gasteiger partial charge on any atom is 0.330 e. The highest BCUT2D eigenvalue weighted by Crippen LogP contribution is 2.21. The van der Waals surface area contributed by atoms with Gasteiger partial charge in [0.15, 0.2) is 5.69 Å². The van der Waals surface area contributed by atoms with Gasteiger partial charge in [-0.3, -0.25) is 24.0 Å². The summed E-state index contributed by atoms with van der Waals surface area (Å²) in [5, 5.41) is 4.31. The summed E-state index contributed by atoms with van der Waals surface area (Å²) >= 11 is 0. The van der Waals surface area contributed by atoms with Crippen LogP contribution in [0.1, 0.15) is 62.0 Å². The summed E-state index contributed by atoms with van der Waals surface area (Å²) in [5.74, 6) is -0.161. The minimum Gasteiger partial charge on any atom is -0.383 e. The number of hydrogen-bond donors (Lipinski definition) is 2. The molecule has 1 amide bonds. The quantitative estimate of drug-likeness (QED) is 0.540. The molecule has 11 nitrogen and oxygen atoms in total. The van der Waals surface area contributed by atoms with Crippen LogP contribution in [0, 0.1) is 19.8 Å². The van der Waals surface area contributed by atoms with Gasteiger partial charge in [0, 0.05) is 24.5 Å². The van der Waals surface area contributed by atoms with Crippen LogP contribution in [-0.2, 0) is 6.54 Å². The minimum atomic E-state index is -0.716. The Bertz CT molecular complexity index is 1250. The average Bonchev–Trinajstić information content (AvgIpc) is 3.14. The van der Waals surface area contributed by atoms with Crippen LogP contribution in [0.2, 0.25) is 0 Å². The second-order valence-corrected chi connectivity index (χ2v) is 8.32. The molecule has 3 rings (SSSR count).